The molecule has 82 valence electrons. The summed E-state index contributed by atoms with van der Waals surface area (Å²) in [5, 5.41) is 8.29. The molecule has 0 spiro atoms. The van der Waals surface area contributed by atoms with E-state index in [0.29, 0.717) is 0 Å². The van der Waals surface area contributed by atoms with Crippen LogP contribution in [0.2, 0.25) is 0 Å². The Morgan fingerprint density at radius 1 is 1.53 bits per heavy atom. The zero-order chi connectivity index (χ0) is 11.1. The molecule has 1 aliphatic rings. The molecule has 15 heavy (non-hydrogen) atoms. The average Bonchev–Trinajstić information content (AvgIpc) is 2.42. The number of anilines is 1. The van der Waals surface area contributed by atoms with Gasteiger partial charge in [-0.3, -0.25) is 0 Å². The molecule has 2 heterocycles. The van der Waals surface area contributed by atoms with Gasteiger partial charge in [-0.15, -0.1) is 16.7 Å². The van der Waals surface area contributed by atoms with Crippen molar-refractivity contribution in [2.45, 2.75) is 26.1 Å². The van der Waals surface area contributed by atoms with Gasteiger partial charge in [-0.25, -0.2) is 0 Å². The summed E-state index contributed by atoms with van der Waals surface area (Å²) in [5.41, 5.74) is 1.28. The van der Waals surface area contributed by atoms with Crippen molar-refractivity contribution in [3.8, 4) is 0 Å². The second-order valence-corrected chi connectivity index (χ2v) is 5.45. The highest BCUT2D eigenvalue weighted by atomic mass is 35.5. The topological polar surface area (TPSA) is 29.0 Å². The Balaban J connectivity index is 2.21. The second-order valence-electron chi connectivity index (χ2n) is 4.93. The Morgan fingerprint density at radius 3 is 2.80 bits per heavy atom. The van der Waals surface area contributed by atoms with Gasteiger partial charge < -0.3 is 4.90 Å². The monoisotopic (exact) mass is 225 g/mol. The molecule has 1 saturated heterocycles. The second kappa shape index (κ2) is 3.63. The van der Waals surface area contributed by atoms with Gasteiger partial charge in [-0.1, -0.05) is 13.8 Å². The maximum atomic E-state index is 6.30. The molecule has 0 bridgehead atoms. The maximum absolute atomic E-state index is 6.30. The van der Waals surface area contributed by atoms with Crippen molar-refractivity contribution in [1.82, 2.24) is 10.2 Å². The molecule has 0 aromatic carbocycles. The molecule has 1 fully saturated rings. The number of nitrogens with zero attached hydrogens (tertiary/aromatic N) is 3. The first-order chi connectivity index (χ1) is 6.99. The molecule has 4 heteroatoms. The van der Waals surface area contributed by atoms with Gasteiger partial charge in [0.1, 0.15) is 0 Å². The quantitative estimate of drug-likeness (QED) is 0.687. The highest BCUT2D eigenvalue weighted by Crippen LogP contribution is 2.35. The Morgan fingerprint density at radius 2 is 2.27 bits per heavy atom. The molecular formula is C11H16ClN3. The van der Waals surface area contributed by atoms with Gasteiger partial charge in [0.15, 0.2) is 5.82 Å². The standard InChI is InChI=1S/C11H16ClN3/c1-8-4-10(14-13-5-8)15-6-9(12)11(2,3)7-15/h4-5,9H,6-7H2,1-3H3. The SMILES string of the molecule is Cc1cnnc(N2CC(Cl)C(C)(C)C2)c1. The van der Waals surface area contributed by atoms with Crippen LogP contribution in [0.3, 0.4) is 0 Å². The smallest absolute Gasteiger partial charge is 0.151 e. The first-order valence-electron chi connectivity index (χ1n) is 5.17. The van der Waals surface area contributed by atoms with Gasteiger partial charge in [0.05, 0.1) is 11.6 Å². The van der Waals surface area contributed by atoms with Crippen molar-refractivity contribution >= 4 is 17.4 Å². The van der Waals surface area contributed by atoms with E-state index in [0.717, 1.165) is 24.5 Å². The predicted molar refractivity (Wildman–Crippen MR) is 62.4 cm³/mol. The number of aromatic nitrogens is 2. The number of hydrogen-bond donors (Lipinski definition) is 0. The molecular weight excluding hydrogens is 210 g/mol. The van der Waals surface area contributed by atoms with Crippen molar-refractivity contribution in [3.05, 3.63) is 17.8 Å². The fraction of sp³-hybridized carbons (Fsp3) is 0.636. The average molecular weight is 226 g/mol. The number of aryl methyl sites for hydroxylation is 1. The summed E-state index contributed by atoms with van der Waals surface area (Å²) in [5.74, 6) is 0.936. The maximum Gasteiger partial charge on any atom is 0.151 e. The minimum Gasteiger partial charge on any atom is -0.353 e. The normalized spacial score (nSPS) is 24.5. The number of hydrogen-bond acceptors (Lipinski definition) is 3. The fourth-order valence-electron chi connectivity index (χ4n) is 1.87. The molecule has 1 aromatic heterocycles. The minimum absolute atomic E-state index is 0.146. The van der Waals surface area contributed by atoms with E-state index in [9.17, 15) is 0 Å². The number of alkyl halides is 1. The van der Waals surface area contributed by atoms with Crippen molar-refractivity contribution < 1.29 is 0 Å². The number of rotatable bonds is 1. The summed E-state index contributed by atoms with van der Waals surface area (Å²) in [6.45, 7) is 8.20. The summed E-state index contributed by atoms with van der Waals surface area (Å²) < 4.78 is 0. The van der Waals surface area contributed by atoms with Crippen molar-refractivity contribution in [2.75, 3.05) is 18.0 Å². The zero-order valence-electron chi connectivity index (χ0n) is 9.37. The summed E-state index contributed by atoms with van der Waals surface area (Å²) in [6, 6.07) is 2.05. The lowest BCUT2D eigenvalue weighted by Gasteiger charge is -2.21. The lowest BCUT2D eigenvalue weighted by Crippen LogP contribution is -2.24. The fourth-order valence-corrected chi connectivity index (χ4v) is 2.11. The highest BCUT2D eigenvalue weighted by Gasteiger charge is 2.38. The van der Waals surface area contributed by atoms with Crippen LogP contribution in [-0.4, -0.2) is 28.7 Å². The van der Waals surface area contributed by atoms with Crippen LogP contribution in [0, 0.1) is 12.3 Å². The number of halogens is 1. The summed E-state index contributed by atoms with van der Waals surface area (Å²) in [6.07, 6.45) is 1.77. The summed E-state index contributed by atoms with van der Waals surface area (Å²) >= 11 is 6.30. The van der Waals surface area contributed by atoms with Crippen LogP contribution in [0.15, 0.2) is 12.3 Å². The summed E-state index contributed by atoms with van der Waals surface area (Å²) in [4.78, 5) is 2.21. The van der Waals surface area contributed by atoms with E-state index >= 15 is 0 Å². The molecule has 1 unspecified atom stereocenters. The van der Waals surface area contributed by atoms with Crippen molar-refractivity contribution in [2.24, 2.45) is 5.41 Å². The van der Waals surface area contributed by atoms with E-state index in [2.05, 4.69) is 35.0 Å². The van der Waals surface area contributed by atoms with Gasteiger partial charge >= 0.3 is 0 Å². The van der Waals surface area contributed by atoms with Crippen LogP contribution in [0.1, 0.15) is 19.4 Å². The van der Waals surface area contributed by atoms with Gasteiger partial charge in [-0.05, 0) is 18.6 Å². The Labute approximate surface area is 95.5 Å². The van der Waals surface area contributed by atoms with Gasteiger partial charge in [0.25, 0.3) is 0 Å². The first-order valence-corrected chi connectivity index (χ1v) is 5.61. The van der Waals surface area contributed by atoms with Crippen LogP contribution in [0.5, 0.6) is 0 Å². The highest BCUT2D eigenvalue weighted by molar-refractivity contribution is 6.21. The van der Waals surface area contributed by atoms with E-state index in [1.165, 1.54) is 0 Å². The zero-order valence-corrected chi connectivity index (χ0v) is 10.1. The molecule has 1 aromatic rings. The van der Waals surface area contributed by atoms with E-state index in [1.54, 1.807) is 6.20 Å². The summed E-state index contributed by atoms with van der Waals surface area (Å²) in [7, 11) is 0. The molecule has 0 amide bonds. The Kier molecular flexibility index (Phi) is 2.59. The van der Waals surface area contributed by atoms with Crippen LogP contribution >= 0.6 is 11.6 Å². The third-order valence-corrected chi connectivity index (χ3v) is 3.66. The third-order valence-electron chi connectivity index (χ3n) is 2.93. The van der Waals surface area contributed by atoms with Crippen LogP contribution in [0.4, 0.5) is 5.82 Å². The van der Waals surface area contributed by atoms with Crippen molar-refractivity contribution in [3.63, 3.8) is 0 Å². The molecule has 0 saturated carbocycles. The predicted octanol–water partition coefficient (Wildman–Crippen LogP) is 2.24. The molecule has 0 N–H and O–H groups in total. The van der Waals surface area contributed by atoms with Gasteiger partial charge in [0.2, 0.25) is 0 Å². The lowest BCUT2D eigenvalue weighted by molar-refractivity contribution is 0.425. The van der Waals surface area contributed by atoms with Gasteiger partial charge in [-0.2, -0.15) is 5.10 Å². The lowest BCUT2D eigenvalue weighted by atomic mass is 9.92. The van der Waals surface area contributed by atoms with Gasteiger partial charge in [0, 0.05) is 18.5 Å². The van der Waals surface area contributed by atoms with E-state index < -0.39 is 0 Å². The van der Waals surface area contributed by atoms with Crippen LogP contribution < -0.4 is 4.90 Å². The largest absolute Gasteiger partial charge is 0.353 e. The minimum atomic E-state index is 0.146. The molecule has 3 nitrogen and oxygen atoms in total. The molecule has 1 atom stereocenters. The van der Waals surface area contributed by atoms with E-state index in [-0.39, 0.29) is 10.8 Å². The Hall–Kier alpha value is -0.830. The molecule has 2 rings (SSSR count). The Bertz CT molecular complexity index is 365. The molecule has 0 radical (unpaired) electrons. The van der Waals surface area contributed by atoms with Crippen LogP contribution in [-0.2, 0) is 0 Å². The molecule has 0 aliphatic carbocycles. The van der Waals surface area contributed by atoms with Crippen LogP contribution in [0.25, 0.3) is 0 Å². The third kappa shape index (κ3) is 2.07. The van der Waals surface area contributed by atoms with Crippen molar-refractivity contribution in [1.29, 1.82) is 0 Å². The van der Waals surface area contributed by atoms with E-state index in [1.807, 2.05) is 6.92 Å². The van der Waals surface area contributed by atoms with E-state index in [4.69, 9.17) is 11.6 Å². The molecule has 1 aliphatic heterocycles. The first kappa shape index (κ1) is 10.7.